The summed E-state index contributed by atoms with van der Waals surface area (Å²) in [6.45, 7) is 0. The summed E-state index contributed by atoms with van der Waals surface area (Å²) in [5.41, 5.74) is 7.35. The Morgan fingerprint density at radius 3 is 1.95 bits per heavy atom. The normalized spacial score (nSPS) is 12.1. The molecule has 0 saturated heterocycles. The maximum Gasteiger partial charge on any atom is 0.135 e. The molecule has 41 heavy (non-hydrogen) atoms. The van der Waals surface area contributed by atoms with Crippen LogP contribution in [0.2, 0.25) is 0 Å². The average molecular weight is 521 g/mol. The van der Waals surface area contributed by atoms with Crippen molar-refractivity contribution in [3.8, 4) is 44.9 Å². The highest BCUT2D eigenvalue weighted by molar-refractivity contribution is 6.24. The summed E-state index contributed by atoms with van der Waals surface area (Å²) in [6.07, 6.45) is 0. The summed E-state index contributed by atoms with van der Waals surface area (Å²) >= 11 is 0. The number of para-hydroxylation sites is 1. The largest absolute Gasteiger partial charge is 0.456 e. The Morgan fingerprint density at radius 2 is 1.00 bits per heavy atom. The van der Waals surface area contributed by atoms with Gasteiger partial charge < -0.3 is 4.74 Å². The molecule has 190 valence electrons. The van der Waals surface area contributed by atoms with Crippen LogP contribution >= 0.6 is 0 Å². The molecular weight excluding hydrogens is 496 g/mol. The van der Waals surface area contributed by atoms with Crippen LogP contribution in [0.4, 0.5) is 0 Å². The van der Waals surface area contributed by atoms with Gasteiger partial charge in [0.25, 0.3) is 0 Å². The SMILES string of the molecule is c1ccc(-c2c3cccc(-c4ccc5c6c(cccc46)Oc4ccccc4-5)c3cc3ccc4ccccc4c23)cc1. The molecule has 0 amide bonds. The maximum absolute atomic E-state index is 6.40. The first-order chi connectivity index (χ1) is 20.3. The zero-order chi connectivity index (χ0) is 26.9. The van der Waals surface area contributed by atoms with E-state index in [0.29, 0.717) is 0 Å². The molecule has 0 aliphatic carbocycles. The van der Waals surface area contributed by atoms with E-state index in [1.54, 1.807) is 0 Å². The number of fused-ring (bicyclic) bond motifs is 6. The quantitative estimate of drug-likeness (QED) is 0.163. The molecule has 0 fully saturated rings. The molecule has 0 bridgehead atoms. The Kier molecular flexibility index (Phi) is 4.67. The van der Waals surface area contributed by atoms with E-state index < -0.39 is 0 Å². The van der Waals surface area contributed by atoms with Crippen molar-refractivity contribution in [2.24, 2.45) is 0 Å². The van der Waals surface area contributed by atoms with Crippen molar-refractivity contribution in [2.75, 3.05) is 0 Å². The van der Waals surface area contributed by atoms with Crippen molar-refractivity contribution in [3.63, 3.8) is 0 Å². The highest BCUT2D eigenvalue weighted by atomic mass is 16.5. The second-order valence-corrected chi connectivity index (χ2v) is 10.8. The van der Waals surface area contributed by atoms with Crippen molar-refractivity contribution in [2.45, 2.75) is 0 Å². The molecule has 9 rings (SSSR count). The molecule has 0 spiro atoms. The van der Waals surface area contributed by atoms with Crippen LogP contribution in [0.5, 0.6) is 11.5 Å². The standard InChI is InChI=1S/C40H24O/c1-2-11-26(12-3-1)38-33-16-8-15-29(35(33)24-27-21-20-25-10-4-5-13-28(25)39(27)38)30-22-23-34-31-14-6-7-18-36(31)41-37-19-9-17-32(30)40(34)37/h1-24H. The van der Waals surface area contributed by atoms with Crippen LogP contribution in [-0.2, 0) is 0 Å². The van der Waals surface area contributed by atoms with Gasteiger partial charge in [-0.25, -0.2) is 0 Å². The van der Waals surface area contributed by atoms with Gasteiger partial charge in [-0.3, -0.25) is 0 Å². The monoisotopic (exact) mass is 520 g/mol. The van der Waals surface area contributed by atoms with Gasteiger partial charge in [0.15, 0.2) is 0 Å². The van der Waals surface area contributed by atoms with E-state index in [4.69, 9.17) is 4.74 Å². The van der Waals surface area contributed by atoms with Gasteiger partial charge in [-0.2, -0.15) is 0 Å². The Hall–Kier alpha value is -5.40. The third-order valence-electron chi connectivity index (χ3n) is 8.64. The van der Waals surface area contributed by atoms with Gasteiger partial charge in [-0.05, 0) is 83.7 Å². The summed E-state index contributed by atoms with van der Waals surface area (Å²) in [6, 6.07) is 52.6. The first kappa shape index (κ1) is 22.4. The molecule has 1 heterocycles. The molecule has 1 aliphatic heterocycles. The van der Waals surface area contributed by atoms with E-state index >= 15 is 0 Å². The van der Waals surface area contributed by atoms with E-state index in [2.05, 4.69) is 140 Å². The third kappa shape index (κ3) is 3.24. The predicted molar refractivity (Wildman–Crippen MR) is 173 cm³/mol. The number of hydrogen-bond acceptors (Lipinski definition) is 1. The van der Waals surface area contributed by atoms with E-state index in [1.165, 1.54) is 70.9 Å². The maximum atomic E-state index is 6.40. The second-order valence-electron chi connectivity index (χ2n) is 10.8. The smallest absolute Gasteiger partial charge is 0.135 e. The van der Waals surface area contributed by atoms with Crippen molar-refractivity contribution in [3.05, 3.63) is 146 Å². The zero-order valence-corrected chi connectivity index (χ0v) is 22.3. The molecule has 0 radical (unpaired) electrons. The Balaban J connectivity index is 1.41. The fourth-order valence-electron chi connectivity index (χ4n) is 6.87. The number of benzene rings is 8. The zero-order valence-electron chi connectivity index (χ0n) is 22.3. The van der Waals surface area contributed by atoms with Crippen LogP contribution in [0.15, 0.2) is 146 Å². The van der Waals surface area contributed by atoms with Crippen molar-refractivity contribution < 1.29 is 4.74 Å². The molecule has 8 aromatic rings. The summed E-state index contributed by atoms with van der Waals surface area (Å²) in [7, 11) is 0. The van der Waals surface area contributed by atoms with Crippen LogP contribution in [-0.4, -0.2) is 0 Å². The van der Waals surface area contributed by atoms with Gasteiger partial charge in [0.2, 0.25) is 0 Å². The summed E-state index contributed by atoms with van der Waals surface area (Å²) in [4.78, 5) is 0. The van der Waals surface area contributed by atoms with E-state index in [-0.39, 0.29) is 0 Å². The fraction of sp³-hybridized carbons (Fsp3) is 0. The molecule has 8 aromatic carbocycles. The summed E-state index contributed by atoms with van der Waals surface area (Å²) in [5, 5.41) is 10.0. The average Bonchev–Trinajstić information content (AvgIpc) is 3.04. The van der Waals surface area contributed by atoms with E-state index in [9.17, 15) is 0 Å². The van der Waals surface area contributed by atoms with Crippen LogP contribution in [0.1, 0.15) is 0 Å². The first-order valence-corrected chi connectivity index (χ1v) is 14.1. The number of hydrogen-bond donors (Lipinski definition) is 0. The van der Waals surface area contributed by atoms with E-state index in [0.717, 1.165) is 17.1 Å². The van der Waals surface area contributed by atoms with Crippen LogP contribution in [0.3, 0.4) is 0 Å². The minimum atomic E-state index is 0.914. The molecule has 0 aromatic heterocycles. The second kappa shape index (κ2) is 8.55. The van der Waals surface area contributed by atoms with Gasteiger partial charge >= 0.3 is 0 Å². The van der Waals surface area contributed by atoms with Gasteiger partial charge in [0.1, 0.15) is 11.5 Å². The molecule has 0 saturated carbocycles. The minimum absolute atomic E-state index is 0.914. The molecule has 1 nitrogen and oxygen atoms in total. The Labute approximate surface area is 237 Å². The summed E-state index contributed by atoms with van der Waals surface area (Å²) in [5.74, 6) is 1.83. The topological polar surface area (TPSA) is 9.23 Å². The van der Waals surface area contributed by atoms with Crippen molar-refractivity contribution in [1.82, 2.24) is 0 Å². The first-order valence-electron chi connectivity index (χ1n) is 14.1. The Bertz CT molecular complexity index is 2330. The highest BCUT2D eigenvalue weighted by Crippen LogP contribution is 2.50. The van der Waals surface area contributed by atoms with Crippen LogP contribution < -0.4 is 4.74 Å². The lowest BCUT2D eigenvalue weighted by atomic mass is 9.85. The van der Waals surface area contributed by atoms with E-state index in [1.807, 2.05) is 6.07 Å². The lowest BCUT2D eigenvalue weighted by Crippen LogP contribution is -1.97. The molecular formula is C40H24O. The fourth-order valence-corrected chi connectivity index (χ4v) is 6.87. The van der Waals surface area contributed by atoms with Gasteiger partial charge in [-0.1, -0.05) is 127 Å². The number of rotatable bonds is 2. The highest BCUT2D eigenvalue weighted by Gasteiger charge is 2.22. The van der Waals surface area contributed by atoms with Crippen molar-refractivity contribution >= 4 is 43.1 Å². The third-order valence-corrected chi connectivity index (χ3v) is 8.64. The number of ether oxygens (including phenoxy) is 1. The summed E-state index contributed by atoms with van der Waals surface area (Å²) < 4.78 is 6.40. The lowest BCUT2D eigenvalue weighted by Gasteiger charge is -2.23. The Morgan fingerprint density at radius 1 is 0.341 bits per heavy atom. The van der Waals surface area contributed by atoms with Gasteiger partial charge in [0.05, 0.1) is 0 Å². The minimum Gasteiger partial charge on any atom is -0.456 e. The van der Waals surface area contributed by atoms with Crippen LogP contribution in [0.25, 0.3) is 76.5 Å². The molecule has 0 N–H and O–H groups in total. The molecule has 1 aliphatic rings. The lowest BCUT2D eigenvalue weighted by molar-refractivity contribution is 0.487. The van der Waals surface area contributed by atoms with Gasteiger partial charge in [-0.15, -0.1) is 0 Å². The van der Waals surface area contributed by atoms with Crippen molar-refractivity contribution in [1.29, 1.82) is 0 Å². The van der Waals surface area contributed by atoms with Gasteiger partial charge in [0, 0.05) is 10.9 Å². The molecule has 0 atom stereocenters. The van der Waals surface area contributed by atoms with Crippen LogP contribution in [0, 0.1) is 0 Å². The molecule has 0 unspecified atom stereocenters. The molecule has 1 heteroatoms. The predicted octanol–water partition coefficient (Wildman–Crippen LogP) is 11.4.